The van der Waals surface area contributed by atoms with Crippen molar-refractivity contribution in [3.8, 4) is 0 Å². The number of pyridine rings is 1. The number of guanidine groups is 1. The second kappa shape index (κ2) is 12.1. The topological polar surface area (TPSA) is 65.7 Å². The van der Waals surface area contributed by atoms with Crippen LogP contribution < -0.4 is 10.6 Å². The van der Waals surface area contributed by atoms with E-state index < -0.39 is 0 Å². The fourth-order valence-electron chi connectivity index (χ4n) is 4.01. The number of nitrogens with zero attached hydrogens (tertiary/aromatic N) is 3. The number of furan rings is 1. The monoisotopic (exact) mass is 431 g/mol. The van der Waals surface area contributed by atoms with Crippen molar-refractivity contribution in [2.75, 3.05) is 26.2 Å². The summed E-state index contributed by atoms with van der Waals surface area (Å²) in [6, 6.07) is 21.1. The summed E-state index contributed by atoms with van der Waals surface area (Å²) >= 11 is 0. The number of benzene rings is 1. The first-order chi connectivity index (χ1) is 15.8. The van der Waals surface area contributed by atoms with E-state index in [-0.39, 0.29) is 0 Å². The summed E-state index contributed by atoms with van der Waals surface area (Å²) in [5.41, 5.74) is 2.47. The maximum atomic E-state index is 5.44. The van der Waals surface area contributed by atoms with Crippen molar-refractivity contribution in [2.24, 2.45) is 4.99 Å². The van der Waals surface area contributed by atoms with Crippen LogP contribution in [0.5, 0.6) is 0 Å². The quantitative estimate of drug-likeness (QED) is 0.400. The van der Waals surface area contributed by atoms with Gasteiger partial charge in [0.25, 0.3) is 0 Å². The van der Waals surface area contributed by atoms with E-state index in [1.165, 1.54) is 5.56 Å². The van der Waals surface area contributed by atoms with Gasteiger partial charge in [-0.1, -0.05) is 36.4 Å². The molecule has 0 amide bonds. The van der Waals surface area contributed by atoms with Crippen molar-refractivity contribution in [1.82, 2.24) is 20.5 Å². The van der Waals surface area contributed by atoms with Gasteiger partial charge in [0.1, 0.15) is 5.76 Å². The number of aliphatic imine (C=N–C) groups is 1. The van der Waals surface area contributed by atoms with Gasteiger partial charge < -0.3 is 15.1 Å². The van der Waals surface area contributed by atoms with Crippen LogP contribution in [0.3, 0.4) is 0 Å². The molecule has 2 N–H and O–H groups in total. The number of piperidine rings is 1. The Balaban J connectivity index is 1.27. The number of hydrogen-bond acceptors (Lipinski definition) is 4. The van der Waals surface area contributed by atoms with E-state index in [9.17, 15) is 0 Å². The highest BCUT2D eigenvalue weighted by atomic mass is 16.3. The fourth-order valence-corrected chi connectivity index (χ4v) is 4.01. The Morgan fingerprint density at radius 2 is 1.84 bits per heavy atom. The van der Waals surface area contributed by atoms with Crippen molar-refractivity contribution in [1.29, 1.82) is 0 Å². The summed E-state index contributed by atoms with van der Waals surface area (Å²) in [5, 5.41) is 7.17. The maximum absolute atomic E-state index is 5.44. The van der Waals surface area contributed by atoms with Gasteiger partial charge in [-0.25, -0.2) is 0 Å². The summed E-state index contributed by atoms with van der Waals surface area (Å²) < 4.78 is 5.44. The van der Waals surface area contributed by atoms with Crippen LogP contribution in [0.1, 0.15) is 29.9 Å². The van der Waals surface area contributed by atoms with Crippen LogP contribution in [0.25, 0.3) is 0 Å². The number of likely N-dealkylation sites (tertiary alicyclic amines) is 1. The molecule has 0 radical (unpaired) electrons. The minimum absolute atomic E-state index is 0.437. The van der Waals surface area contributed by atoms with Crippen molar-refractivity contribution in [2.45, 2.75) is 38.3 Å². The number of hydrogen-bond donors (Lipinski definition) is 2. The molecule has 3 aromatic rings. The van der Waals surface area contributed by atoms with Gasteiger partial charge in [-0.15, -0.1) is 0 Å². The second-order valence-corrected chi connectivity index (χ2v) is 8.24. The van der Waals surface area contributed by atoms with Crippen LogP contribution in [0, 0.1) is 0 Å². The zero-order valence-corrected chi connectivity index (χ0v) is 18.6. The number of aromatic nitrogens is 1. The molecule has 0 atom stereocenters. The van der Waals surface area contributed by atoms with Crippen LogP contribution >= 0.6 is 0 Å². The summed E-state index contributed by atoms with van der Waals surface area (Å²) in [7, 11) is 0. The van der Waals surface area contributed by atoms with Crippen molar-refractivity contribution in [3.63, 3.8) is 0 Å². The molecule has 0 spiro atoms. The Morgan fingerprint density at radius 1 is 1.00 bits per heavy atom. The Morgan fingerprint density at radius 3 is 2.59 bits per heavy atom. The molecule has 0 unspecified atom stereocenters. The molecule has 2 aromatic heterocycles. The van der Waals surface area contributed by atoms with Crippen LogP contribution in [-0.4, -0.2) is 48.1 Å². The molecule has 168 valence electrons. The molecule has 3 heterocycles. The van der Waals surface area contributed by atoms with E-state index in [1.54, 1.807) is 6.26 Å². The standard InChI is InChI=1S/C26H33N5O/c1-2-7-22(8-3-1)21-31-18-13-24(14-19-31)30-26(29-17-12-25-10-6-20-32-25)28-16-11-23-9-4-5-15-27-23/h1-10,15,20,24H,11-14,16-19,21H2,(H2,28,29,30). The predicted octanol–water partition coefficient (Wildman–Crippen LogP) is 3.66. The highest BCUT2D eigenvalue weighted by Gasteiger charge is 2.20. The molecule has 6 heteroatoms. The Bertz CT molecular complexity index is 919. The highest BCUT2D eigenvalue weighted by molar-refractivity contribution is 5.80. The molecule has 1 saturated heterocycles. The summed E-state index contributed by atoms with van der Waals surface area (Å²) in [6.07, 6.45) is 7.46. The average Bonchev–Trinajstić information content (AvgIpc) is 3.35. The molecule has 0 bridgehead atoms. The van der Waals surface area contributed by atoms with Gasteiger partial charge in [-0.2, -0.15) is 0 Å². The van der Waals surface area contributed by atoms with E-state index in [0.717, 1.165) is 69.3 Å². The number of rotatable bonds is 9. The van der Waals surface area contributed by atoms with E-state index in [4.69, 9.17) is 9.41 Å². The zero-order chi connectivity index (χ0) is 21.8. The van der Waals surface area contributed by atoms with Gasteiger partial charge in [-0.05, 0) is 42.7 Å². The molecule has 1 fully saturated rings. The van der Waals surface area contributed by atoms with E-state index in [1.807, 2.05) is 30.5 Å². The van der Waals surface area contributed by atoms with Gasteiger partial charge in [-0.3, -0.25) is 14.9 Å². The fraction of sp³-hybridized carbons (Fsp3) is 0.385. The summed E-state index contributed by atoms with van der Waals surface area (Å²) in [4.78, 5) is 11.8. The minimum atomic E-state index is 0.437. The SMILES string of the molecule is c1ccc(CN2CCC(NC(=NCCc3ccco3)NCCc3ccccn3)CC2)cc1. The molecule has 0 aliphatic carbocycles. The average molecular weight is 432 g/mol. The summed E-state index contributed by atoms with van der Waals surface area (Å²) in [6.45, 7) is 4.72. The van der Waals surface area contributed by atoms with Crippen LogP contribution in [0.15, 0.2) is 82.5 Å². The van der Waals surface area contributed by atoms with Crippen molar-refractivity contribution >= 4 is 5.96 Å². The first-order valence-corrected chi connectivity index (χ1v) is 11.6. The normalized spacial score (nSPS) is 15.6. The van der Waals surface area contributed by atoms with E-state index >= 15 is 0 Å². The molecule has 1 aliphatic rings. The van der Waals surface area contributed by atoms with Crippen LogP contribution in [-0.2, 0) is 19.4 Å². The molecule has 32 heavy (non-hydrogen) atoms. The zero-order valence-electron chi connectivity index (χ0n) is 18.6. The Kier molecular flexibility index (Phi) is 8.32. The smallest absolute Gasteiger partial charge is 0.191 e. The maximum Gasteiger partial charge on any atom is 0.191 e. The van der Waals surface area contributed by atoms with Gasteiger partial charge in [0.05, 0.1) is 6.26 Å². The van der Waals surface area contributed by atoms with Crippen molar-refractivity contribution in [3.05, 3.63) is 90.1 Å². The lowest BCUT2D eigenvalue weighted by atomic mass is 10.0. The van der Waals surface area contributed by atoms with Gasteiger partial charge in [0, 0.05) is 63.5 Å². The van der Waals surface area contributed by atoms with Gasteiger partial charge >= 0.3 is 0 Å². The predicted molar refractivity (Wildman–Crippen MR) is 129 cm³/mol. The molecule has 0 saturated carbocycles. The third-order valence-corrected chi connectivity index (χ3v) is 5.79. The van der Waals surface area contributed by atoms with Crippen LogP contribution in [0.4, 0.5) is 0 Å². The lowest BCUT2D eigenvalue weighted by Gasteiger charge is -2.33. The first-order valence-electron chi connectivity index (χ1n) is 11.6. The van der Waals surface area contributed by atoms with E-state index in [2.05, 4.69) is 56.9 Å². The number of nitrogens with one attached hydrogen (secondary N) is 2. The second-order valence-electron chi connectivity index (χ2n) is 8.24. The molecular formula is C26H33N5O. The lowest BCUT2D eigenvalue weighted by molar-refractivity contribution is 0.198. The molecular weight excluding hydrogens is 398 g/mol. The minimum Gasteiger partial charge on any atom is -0.469 e. The lowest BCUT2D eigenvalue weighted by Crippen LogP contribution is -2.49. The highest BCUT2D eigenvalue weighted by Crippen LogP contribution is 2.14. The summed E-state index contributed by atoms with van der Waals surface area (Å²) in [5.74, 6) is 1.85. The molecule has 6 nitrogen and oxygen atoms in total. The first kappa shape index (κ1) is 22.1. The van der Waals surface area contributed by atoms with Crippen molar-refractivity contribution < 1.29 is 4.42 Å². The van der Waals surface area contributed by atoms with Crippen LogP contribution in [0.2, 0.25) is 0 Å². The van der Waals surface area contributed by atoms with Gasteiger partial charge in [0.2, 0.25) is 0 Å². The molecule has 1 aromatic carbocycles. The Labute approximate surface area is 190 Å². The molecule has 1 aliphatic heterocycles. The van der Waals surface area contributed by atoms with E-state index in [0.29, 0.717) is 12.6 Å². The third-order valence-electron chi connectivity index (χ3n) is 5.79. The third kappa shape index (κ3) is 7.24. The molecule has 4 rings (SSSR count). The Hall–Kier alpha value is -3.12. The van der Waals surface area contributed by atoms with Gasteiger partial charge in [0.15, 0.2) is 5.96 Å². The largest absolute Gasteiger partial charge is 0.469 e.